The number of carbonyl (C=O) groups is 1. The van der Waals surface area contributed by atoms with Crippen LogP contribution in [0.2, 0.25) is 5.02 Å². The Balaban J connectivity index is 2.04. The average Bonchev–Trinajstić information content (AvgIpc) is 2.41. The number of halogens is 2. The molecule has 0 fully saturated rings. The summed E-state index contributed by atoms with van der Waals surface area (Å²) in [6.45, 7) is 1.52. The van der Waals surface area contributed by atoms with Crippen LogP contribution in [0.25, 0.3) is 0 Å². The first-order valence-electron chi connectivity index (χ1n) is 6.07. The molecule has 1 unspecified atom stereocenters. The fraction of sp³-hybridized carbons (Fsp3) is 0.143. The minimum atomic E-state index is -0.868. The Hall–Kier alpha value is -2.34. The van der Waals surface area contributed by atoms with Gasteiger partial charge in [-0.05, 0) is 31.2 Å². The number of rotatable bonds is 4. The Morgan fingerprint density at radius 2 is 2.14 bits per heavy atom. The van der Waals surface area contributed by atoms with E-state index in [2.05, 4.69) is 10.3 Å². The van der Waals surface area contributed by atoms with Crippen molar-refractivity contribution in [1.82, 2.24) is 4.98 Å². The van der Waals surface area contributed by atoms with E-state index in [0.717, 1.165) is 6.07 Å². The van der Waals surface area contributed by atoms with E-state index in [9.17, 15) is 14.0 Å². The normalized spacial score (nSPS) is 11.8. The van der Waals surface area contributed by atoms with Gasteiger partial charge >= 0.3 is 0 Å². The quantitative estimate of drug-likeness (QED) is 0.911. The van der Waals surface area contributed by atoms with Crippen LogP contribution in [0.5, 0.6) is 5.75 Å². The summed E-state index contributed by atoms with van der Waals surface area (Å²) in [6, 6.07) is 6.40. The summed E-state index contributed by atoms with van der Waals surface area (Å²) in [7, 11) is 0. The molecular formula is C14H12ClFN2O3. The van der Waals surface area contributed by atoms with Gasteiger partial charge in [0.1, 0.15) is 11.6 Å². The molecule has 7 heteroatoms. The first-order chi connectivity index (χ1) is 9.95. The third-order valence-electron chi connectivity index (χ3n) is 2.61. The molecule has 0 saturated carbocycles. The largest absolute Gasteiger partial charge is 0.479 e. The average molecular weight is 311 g/mol. The monoisotopic (exact) mass is 310 g/mol. The van der Waals surface area contributed by atoms with E-state index in [4.69, 9.17) is 16.3 Å². The van der Waals surface area contributed by atoms with Crippen LogP contribution in [0.1, 0.15) is 6.92 Å². The molecule has 0 aliphatic rings. The van der Waals surface area contributed by atoms with Crippen molar-refractivity contribution < 1.29 is 13.9 Å². The zero-order valence-electron chi connectivity index (χ0n) is 11.0. The highest BCUT2D eigenvalue weighted by molar-refractivity contribution is 6.32. The van der Waals surface area contributed by atoms with Crippen LogP contribution in [-0.4, -0.2) is 17.0 Å². The Bertz CT molecular complexity index is 717. The van der Waals surface area contributed by atoms with Gasteiger partial charge in [0.05, 0.1) is 5.02 Å². The fourth-order valence-corrected chi connectivity index (χ4v) is 1.79. The van der Waals surface area contributed by atoms with Crippen LogP contribution in [-0.2, 0) is 4.79 Å². The van der Waals surface area contributed by atoms with Crippen molar-refractivity contribution in [2.45, 2.75) is 13.0 Å². The summed E-state index contributed by atoms with van der Waals surface area (Å²) in [5.41, 5.74) is 0.0207. The molecule has 0 spiro atoms. The Morgan fingerprint density at radius 1 is 1.38 bits per heavy atom. The van der Waals surface area contributed by atoms with E-state index in [1.165, 1.54) is 37.4 Å². The van der Waals surface area contributed by atoms with Crippen molar-refractivity contribution in [2.75, 3.05) is 5.32 Å². The fourth-order valence-electron chi connectivity index (χ4n) is 1.58. The number of benzene rings is 1. The maximum atomic E-state index is 12.9. The second-order valence-corrected chi connectivity index (χ2v) is 4.67. The lowest BCUT2D eigenvalue weighted by Crippen LogP contribution is -2.30. The van der Waals surface area contributed by atoms with Gasteiger partial charge in [0.2, 0.25) is 5.56 Å². The molecule has 1 aromatic carbocycles. The second kappa shape index (κ2) is 6.41. The van der Waals surface area contributed by atoms with Crippen molar-refractivity contribution in [3.05, 3.63) is 57.7 Å². The summed E-state index contributed by atoms with van der Waals surface area (Å²) in [4.78, 5) is 25.5. The molecular weight excluding hydrogens is 299 g/mol. The zero-order valence-corrected chi connectivity index (χ0v) is 11.8. The maximum absolute atomic E-state index is 12.9. The smallest absolute Gasteiger partial charge is 0.265 e. The summed E-state index contributed by atoms with van der Waals surface area (Å²) in [5, 5.41) is 2.61. The van der Waals surface area contributed by atoms with Gasteiger partial charge in [-0.3, -0.25) is 9.59 Å². The molecule has 0 aliphatic carbocycles. The number of aromatic amines is 1. The van der Waals surface area contributed by atoms with Crippen LogP contribution >= 0.6 is 11.6 Å². The number of carbonyl (C=O) groups excluding carboxylic acids is 1. The van der Waals surface area contributed by atoms with Crippen LogP contribution < -0.4 is 15.6 Å². The number of aromatic nitrogens is 1. The van der Waals surface area contributed by atoms with Crippen molar-refractivity contribution in [1.29, 1.82) is 0 Å². The van der Waals surface area contributed by atoms with Crippen molar-refractivity contribution in [3.63, 3.8) is 0 Å². The molecule has 2 N–H and O–H groups in total. The first-order valence-corrected chi connectivity index (χ1v) is 6.45. The van der Waals surface area contributed by atoms with Crippen LogP contribution in [0.3, 0.4) is 0 Å². The van der Waals surface area contributed by atoms with Crippen LogP contribution in [0, 0.1) is 5.82 Å². The van der Waals surface area contributed by atoms with E-state index in [1.807, 2.05) is 0 Å². The molecule has 5 nitrogen and oxygen atoms in total. The topological polar surface area (TPSA) is 71.2 Å². The van der Waals surface area contributed by atoms with Crippen molar-refractivity contribution in [2.24, 2.45) is 0 Å². The highest BCUT2D eigenvalue weighted by atomic mass is 35.5. The van der Waals surface area contributed by atoms with Crippen molar-refractivity contribution >= 4 is 23.2 Å². The van der Waals surface area contributed by atoms with Gasteiger partial charge in [-0.25, -0.2) is 4.39 Å². The summed E-state index contributed by atoms with van der Waals surface area (Å²) in [5.74, 6) is -0.749. The van der Waals surface area contributed by atoms with E-state index < -0.39 is 17.8 Å². The number of nitrogens with one attached hydrogen (secondary N) is 2. The lowest BCUT2D eigenvalue weighted by atomic mass is 10.3. The number of hydrogen-bond acceptors (Lipinski definition) is 3. The maximum Gasteiger partial charge on any atom is 0.265 e. The minimum Gasteiger partial charge on any atom is -0.479 e. The number of ether oxygens (including phenoxy) is 1. The predicted octanol–water partition coefficient (Wildman–Crippen LogP) is 2.57. The second-order valence-electron chi connectivity index (χ2n) is 4.27. The Labute approximate surface area is 124 Å². The predicted molar refractivity (Wildman–Crippen MR) is 77.2 cm³/mol. The molecule has 1 heterocycles. The molecule has 110 valence electrons. The number of pyridine rings is 1. The van der Waals surface area contributed by atoms with Gasteiger partial charge in [-0.15, -0.1) is 0 Å². The molecule has 1 amide bonds. The van der Waals surface area contributed by atoms with Gasteiger partial charge in [-0.2, -0.15) is 0 Å². The number of anilines is 1. The highest BCUT2D eigenvalue weighted by Crippen LogP contribution is 2.26. The molecule has 2 rings (SSSR count). The Kier molecular flexibility index (Phi) is 4.59. The van der Waals surface area contributed by atoms with Gasteiger partial charge in [0, 0.05) is 18.0 Å². The first kappa shape index (κ1) is 15.1. The third kappa shape index (κ3) is 4.06. The van der Waals surface area contributed by atoms with Gasteiger partial charge < -0.3 is 15.0 Å². The number of amides is 1. The van der Waals surface area contributed by atoms with E-state index in [0.29, 0.717) is 5.69 Å². The van der Waals surface area contributed by atoms with Gasteiger partial charge in [0.15, 0.2) is 6.10 Å². The molecule has 0 aliphatic heterocycles. The summed E-state index contributed by atoms with van der Waals surface area (Å²) in [6.07, 6.45) is 0.549. The molecule has 0 saturated heterocycles. The van der Waals surface area contributed by atoms with Crippen LogP contribution in [0.4, 0.5) is 10.1 Å². The van der Waals surface area contributed by atoms with Gasteiger partial charge in [0.25, 0.3) is 5.91 Å². The SMILES string of the molecule is CC(Oc1ccc(F)cc1Cl)C(=O)Nc1cc[nH]c(=O)c1. The van der Waals surface area contributed by atoms with E-state index in [1.54, 1.807) is 0 Å². The van der Waals surface area contributed by atoms with E-state index >= 15 is 0 Å². The third-order valence-corrected chi connectivity index (χ3v) is 2.90. The molecule has 0 bridgehead atoms. The molecule has 2 aromatic rings. The van der Waals surface area contributed by atoms with Crippen LogP contribution in [0.15, 0.2) is 41.3 Å². The lowest BCUT2D eigenvalue weighted by molar-refractivity contribution is -0.122. The summed E-state index contributed by atoms with van der Waals surface area (Å²) < 4.78 is 18.3. The Morgan fingerprint density at radius 3 is 2.81 bits per heavy atom. The molecule has 1 aromatic heterocycles. The van der Waals surface area contributed by atoms with Gasteiger partial charge in [-0.1, -0.05) is 11.6 Å². The lowest BCUT2D eigenvalue weighted by Gasteiger charge is -2.15. The molecule has 0 radical (unpaired) electrons. The molecule has 1 atom stereocenters. The van der Waals surface area contributed by atoms with E-state index in [-0.39, 0.29) is 16.3 Å². The zero-order chi connectivity index (χ0) is 15.4. The molecule has 21 heavy (non-hydrogen) atoms. The van der Waals surface area contributed by atoms with Crippen molar-refractivity contribution in [3.8, 4) is 5.75 Å². The standard InChI is InChI=1S/C14H12ClFN2O3/c1-8(21-12-3-2-9(16)6-11(12)15)14(20)18-10-4-5-17-13(19)7-10/h2-8H,1H3,(H2,17,18,19,20). The summed E-state index contributed by atoms with van der Waals surface area (Å²) >= 11 is 5.82. The highest BCUT2D eigenvalue weighted by Gasteiger charge is 2.16. The number of H-pyrrole nitrogens is 1. The number of hydrogen-bond donors (Lipinski definition) is 2. The minimum absolute atomic E-state index is 0.0748.